The average Bonchev–Trinajstić information content (AvgIpc) is 2.96. The third-order valence-electron chi connectivity index (χ3n) is 3.24. The quantitative estimate of drug-likeness (QED) is 0.731. The van der Waals surface area contributed by atoms with Crippen molar-refractivity contribution in [2.75, 3.05) is 12.3 Å². The Kier molecular flexibility index (Phi) is 4.00. The number of benzene rings is 2. The Morgan fingerprint density at radius 2 is 2.00 bits per heavy atom. The maximum atomic E-state index is 5.72. The molecule has 3 aromatic rings. The first-order valence-corrected chi connectivity index (χ1v) is 7.04. The van der Waals surface area contributed by atoms with Gasteiger partial charge in [-0.05, 0) is 35.5 Å². The van der Waals surface area contributed by atoms with Gasteiger partial charge in [-0.1, -0.05) is 29.8 Å². The van der Waals surface area contributed by atoms with E-state index in [1.165, 1.54) is 5.56 Å². The highest BCUT2D eigenvalue weighted by Gasteiger charge is 2.08. The van der Waals surface area contributed by atoms with Crippen molar-refractivity contribution in [3.63, 3.8) is 0 Å². The summed E-state index contributed by atoms with van der Waals surface area (Å²) in [5.41, 5.74) is 8.57. The predicted molar refractivity (Wildman–Crippen MR) is 84.3 cm³/mol. The second kappa shape index (κ2) is 6.26. The summed E-state index contributed by atoms with van der Waals surface area (Å²) in [6, 6.07) is 15.4. The molecular formula is C16H17N5O. The van der Waals surface area contributed by atoms with Crippen molar-refractivity contribution < 1.29 is 4.74 Å². The zero-order chi connectivity index (χ0) is 15.4. The number of nitrogens with zero attached hydrogens (tertiary/aromatic N) is 4. The molecule has 0 fully saturated rings. The fraction of sp³-hybridized carbons (Fsp3) is 0.188. The van der Waals surface area contributed by atoms with Gasteiger partial charge in [0.05, 0.1) is 6.54 Å². The Balaban J connectivity index is 1.68. The number of tetrazole rings is 1. The van der Waals surface area contributed by atoms with Gasteiger partial charge >= 0.3 is 0 Å². The molecule has 0 spiro atoms. The standard InChI is InChI=1S/C16H17N5O/c1-12-4-2-5-13(10-12)16-18-19-20-21(16)8-9-22-15-7-3-6-14(17)11-15/h2-7,10-11H,8-9,17H2,1H3. The number of aromatic nitrogens is 4. The molecule has 0 aliphatic heterocycles. The molecule has 2 aromatic carbocycles. The number of anilines is 1. The molecule has 3 rings (SSSR count). The molecule has 0 radical (unpaired) electrons. The van der Waals surface area contributed by atoms with Crippen LogP contribution in [0.15, 0.2) is 48.5 Å². The molecule has 0 saturated carbocycles. The van der Waals surface area contributed by atoms with Gasteiger partial charge < -0.3 is 10.5 Å². The van der Waals surface area contributed by atoms with E-state index in [-0.39, 0.29) is 0 Å². The number of hydrogen-bond donors (Lipinski definition) is 1. The maximum absolute atomic E-state index is 5.72. The predicted octanol–water partition coefficient (Wildman–Crippen LogP) is 2.31. The summed E-state index contributed by atoms with van der Waals surface area (Å²) in [6.07, 6.45) is 0. The third kappa shape index (κ3) is 3.22. The summed E-state index contributed by atoms with van der Waals surface area (Å²) in [7, 11) is 0. The molecule has 0 atom stereocenters. The van der Waals surface area contributed by atoms with Gasteiger partial charge in [-0.25, -0.2) is 4.68 Å². The summed E-state index contributed by atoms with van der Waals surface area (Å²) in [5.74, 6) is 1.48. The van der Waals surface area contributed by atoms with E-state index in [9.17, 15) is 0 Å². The van der Waals surface area contributed by atoms with Crippen LogP contribution in [0.25, 0.3) is 11.4 Å². The van der Waals surface area contributed by atoms with Crippen molar-refractivity contribution in [2.45, 2.75) is 13.5 Å². The van der Waals surface area contributed by atoms with Crippen molar-refractivity contribution >= 4 is 5.69 Å². The van der Waals surface area contributed by atoms with E-state index >= 15 is 0 Å². The average molecular weight is 295 g/mol. The lowest BCUT2D eigenvalue weighted by Gasteiger charge is -2.08. The minimum atomic E-state index is 0.466. The highest BCUT2D eigenvalue weighted by atomic mass is 16.5. The number of rotatable bonds is 5. The van der Waals surface area contributed by atoms with Crippen molar-refractivity contribution in [1.82, 2.24) is 20.2 Å². The number of aryl methyl sites for hydroxylation is 1. The first-order chi connectivity index (χ1) is 10.7. The number of nitrogens with two attached hydrogens (primary N) is 1. The number of hydrogen-bond acceptors (Lipinski definition) is 5. The molecule has 0 aliphatic carbocycles. The Bertz CT molecular complexity index is 768. The molecule has 0 amide bonds. The van der Waals surface area contributed by atoms with E-state index in [0.717, 1.165) is 17.1 Å². The lowest BCUT2D eigenvalue weighted by atomic mass is 10.1. The lowest BCUT2D eigenvalue weighted by molar-refractivity contribution is 0.291. The van der Waals surface area contributed by atoms with Crippen molar-refractivity contribution in [3.05, 3.63) is 54.1 Å². The van der Waals surface area contributed by atoms with Crippen LogP contribution in [-0.2, 0) is 6.54 Å². The van der Waals surface area contributed by atoms with Gasteiger partial charge in [0.15, 0.2) is 5.82 Å². The normalized spacial score (nSPS) is 10.6. The summed E-state index contributed by atoms with van der Waals surface area (Å²) >= 11 is 0. The van der Waals surface area contributed by atoms with Crippen LogP contribution >= 0.6 is 0 Å². The lowest BCUT2D eigenvalue weighted by Crippen LogP contribution is -2.11. The molecular weight excluding hydrogens is 278 g/mol. The molecule has 6 nitrogen and oxygen atoms in total. The Hall–Kier alpha value is -2.89. The summed E-state index contributed by atoms with van der Waals surface area (Å²) in [5, 5.41) is 11.9. The van der Waals surface area contributed by atoms with Gasteiger partial charge in [0.25, 0.3) is 0 Å². The number of ether oxygens (including phenoxy) is 1. The van der Waals surface area contributed by atoms with Crippen LogP contribution < -0.4 is 10.5 Å². The molecule has 0 saturated heterocycles. The first-order valence-electron chi connectivity index (χ1n) is 7.04. The summed E-state index contributed by atoms with van der Waals surface area (Å²) in [6.45, 7) is 3.07. The molecule has 0 aliphatic rings. The van der Waals surface area contributed by atoms with Crippen LogP contribution in [-0.4, -0.2) is 26.8 Å². The van der Waals surface area contributed by atoms with E-state index in [1.54, 1.807) is 10.7 Å². The monoisotopic (exact) mass is 295 g/mol. The van der Waals surface area contributed by atoms with Gasteiger partial charge in [-0.15, -0.1) is 5.10 Å². The Labute approximate surface area is 128 Å². The highest BCUT2D eigenvalue weighted by Crippen LogP contribution is 2.17. The fourth-order valence-corrected chi connectivity index (χ4v) is 2.20. The molecule has 22 heavy (non-hydrogen) atoms. The largest absolute Gasteiger partial charge is 0.492 e. The van der Waals surface area contributed by atoms with Crippen LogP contribution in [0.2, 0.25) is 0 Å². The van der Waals surface area contributed by atoms with E-state index < -0.39 is 0 Å². The van der Waals surface area contributed by atoms with Gasteiger partial charge in [0.1, 0.15) is 12.4 Å². The van der Waals surface area contributed by atoms with E-state index in [1.807, 2.05) is 43.3 Å². The van der Waals surface area contributed by atoms with Crippen molar-refractivity contribution in [1.29, 1.82) is 0 Å². The Morgan fingerprint density at radius 3 is 2.82 bits per heavy atom. The van der Waals surface area contributed by atoms with Crippen LogP contribution in [0.1, 0.15) is 5.56 Å². The van der Waals surface area contributed by atoms with Crippen LogP contribution in [0.4, 0.5) is 5.69 Å². The van der Waals surface area contributed by atoms with E-state index in [2.05, 4.69) is 21.6 Å². The van der Waals surface area contributed by atoms with Gasteiger partial charge in [-0.2, -0.15) is 0 Å². The second-order valence-corrected chi connectivity index (χ2v) is 5.02. The fourth-order valence-electron chi connectivity index (χ4n) is 2.20. The zero-order valence-electron chi connectivity index (χ0n) is 12.3. The van der Waals surface area contributed by atoms with Gasteiger partial charge in [-0.3, -0.25) is 0 Å². The van der Waals surface area contributed by atoms with Crippen LogP contribution in [0.5, 0.6) is 5.75 Å². The maximum Gasteiger partial charge on any atom is 0.182 e. The SMILES string of the molecule is Cc1cccc(-c2nnnn2CCOc2cccc(N)c2)c1. The zero-order valence-corrected chi connectivity index (χ0v) is 12.3. The summed E-state index contributed by atoms with van der Waals surface area (Å²) in [4.78, 5) is 0. The van der Waals surface area contributed by atoms with Crippen LogP contribution in [0, 0.1) is 6.92 Å². The van der Waals surface area contributed by atoms with Crippen LogP contribution in [0.3, 0.4) is 0 Å². The van der Waals surface area contributed by atoms with Gasteiger partial charge in [0, 0.05) is 17.3 Å². The number of nitrogen functional groups attached to an aromatic ring is 1. The topological polar surface area (TPSA) is 78.8 Å². The van der Waals surface area contributed by atoms with Gasteiger partial charge in [0.2, 0.25) is 0 Å². The van der Waals surface area contributed by atoms with E-state index in [4.69, 9.17) is 10.5 Å². The molecule has 2 N–H and O–H groups in total. The van der Waals surface area contributed by atoms with E-state index in [0.29, 0.717) is 18.8 Å². The minimum Gasteiger partial charge on any atom is -0.492 e. The summed E-state index contributed by atoms with van der Waals surface area (Å²) < 4.78 is 7.42. The van der Waals surface area contributed by atoms with Crippen molar-refractivity contribution in [2.24, 2.45) is 0 Å². The Morgan fingerprint density at radius 1 is 1.14 bits per heavy atom. The first kappa shape index (κ1) is 14.1. The van der Waals surface area contributed by atoms with Crippen molar-refractivity contribution in [3.8, 4) is 17.1 Å². The second-order valence-electron chi connectivity index (χ2n) is 5.02. The minimum absolute atomic E-state index is 0.466. The molecule has 0 unspecified atom stereocenters. The molecule has 6 heteroatoms. The molecule has 1 aromatic heterocycles. The molecule has 112 valence electrons. The molecule has 1 heterocycles. The highest BCUT2D eigenvalue weighted by molar-refractivity contribution is 5.55. The molecule has 0 bridgehead atoms. The smallest absolute Gasteiger partial charge is 0.182 e. The third-order valence-corrected chi connectivity index (χ3v) is 3.24.